The summed E-state index contributed by atoms with van der Waals surface area (Å²) < 4.78 is 33.2. The summed E-state index contributed by atoms with van der Waals surface area (Å²) >= 11 is 0. The summed E-state index contributed by atoms with van der Waals surface area (Å²) in [6.07, 6.45) is 0.937. The molecule has 0 spiro atoms. The predicted octanol–water partition coefficient (Wildman–Crippen LogP) is 1.98. The van der Waals surface area contributed by atoms with Crippen molar-refractivity contribution in [3.8, 4) is 0 Å². The normalized spacial score (nSPS) is 16.9. The lowest BCUT2D eigenvalue weighted by Crippen LogP contribution is -2.68. The molecule has 0 N–H and O–H groups in total. The van der Waals surface area contributed by atoms with Crippen molar-refractivity contribution in [1.82, 2.24) is 4.90 Å². The van der Waals surface area contributed by atoms with Crippen LogP contribution in [0.3, 0.4) is 0 Å². The summed E-state index contributed by atoms with van der Waals surface area (Å²) in [5.41, 5.74) is 0.609. The molecule has 26 heavy (non-hydrogen) atoms. The molecule has 3 rings (SSSR count). The molecule has 1 fully saturated rings. The quantitative estimate of drug-likeness (QED) is 0.568. The summed E-state index contributed by atoms with van der Waals surface area (Å²) in [6.45, 7) is 0.252. The minimum Gasteiger partial charge on any atom is -0.467 e. The Morgan fingerprint density at radius 1 is 1.00 bits per heavy atom. The van der Waals surface area contributed by atoms with E-state index in [1.165, 1.54) is 7.11 Å². The van der Waals surface area contributed by atoms with E-state index >= 15 is 0 Å². The molecule has 0 aromatic heterocycles. The number of hydrogen-bond acceptors (Lipinski definition) is 6. The molecule has 0 atom stereocenters. The van der Waals surface area contributed by atoms with Gasteiger partial charge in [-0.05, 0) is 11.1 Å². The number of likely N-dealkylation sites (tertiary alicyclic amines) is 1. The number of rotatable bonds is 6. The second-order valence-electron chi connectivity index (χ2n) is 6.40. The van der Waals surface area contributed by atoms with Gasteiger partial charge in [0.05, 0.1) is 19.4 Å². The van der Waals surface area contributed by atoms with Crippen molar-refractivity contribution >= 4 is 16.1 Å². The van der Waals surface area contributed by atoms with E-state index in [1.54, 1.807) is 0 Å². The molecular formula is C19H21NO5S. The van der Waals surface area contributed by atoms with Crippen LogP contribution in [0.15, 0.2) is 60.7 Å². The first-order valence-electron chi connectivity index (χ1n) is 8.18. The average Bonchev–Trinajstić information content (AvgIpc) is 2.59. The molecule has 1 heterocycles. The van der Waals surface area contributed by atoms with Gasteiger partial charge in [0, 0.05) is 13.1 Å². The topological polar surface area (TPSA) is 72.9 Å². The molecule has 138 valence electrons. The van der Waals surface area contributed by atoms with Gasteiger partial charge in [-0.1, -0.05) is 60.7 Å². The number of carbonyl (C=O) groups is 1. The maximum atomic E-state index is 12.2. The second-order valence-corrected chi connectivity index (χ2v) is 7.98. The molecule has 0 unspecified atom stereocenters. The van der Waals surface area contributed by atoms with E-state index in [-0.39, 0.29) is 19.1 Å². The van der Waals surface area contributed by atoms with E-state index in [4.69, 9.17) is 8.92 Å². The maximum Gasteiger partial charge on any atom is 0.342 e. The molecule has 2 aromatic rings. The fourth-order valence-corrected chi connectivity index (χ4v) is 4.12. The Morgan fingerprint density at radius 3 is 1.85 bits per heavy atom. The molecular weight excluding hydrogens is 354 g/mol. The van der Waals surface area contributed by atoms with E-state index in [0.29, 0.717) is 0 Å². The number of esters is 1. The summed E-state index contributed by atoms with van der Waals surface area (Å²) in [7, 11) is -2.58. The zero-order valence-electron chi connectivity index (χ0n) is 14.7. The minimum absolute atomic E-state index is 0.113. The highest BCUT2D eigenvalue weighted by atomic mass is 32.2. The Balaban J connectivity index is 1.92. The summed E-state index contributed by atoms with van der Waals surface area (Å²) in [6, 6.07) is 19.6. The summed E-state index contributed by atoms with van der Waals surface area (Å²) in [4.78, 5) is 14.2. The highest BCUT2D eigenvalue weighted by Gasteiger charge is 2.56. The van der Waals surface area contributed by atoms with Crippen LogP contribution in [0.2, 0.25) is 0 Å². The van der Waals surface area contributed by atoms with E-state index < -0.39 is 21.7 Å². The molecule has 0 saturated carbocycles. The molecule has 0 amide bonds. The fourth-order valence-electron chi connectivity index (χ4n) is 3.37. The third-order valence-corrected chi connectivity index (χ3v) is 5.00. The Bertz CT molecular complexity index is 822. The number of methoxy groups -OCH3 is 1. The lowest BCUT2D eigenvalue weighted by atomic mass is 9.87. The largest absolute Gasteiger partial charge is 0.467 e. The smallest absolute Gasteiger partial charge is 0.342 e. The van der Waals surface area contributed by atoms with Crippen molar-refractivity contribution in [2.75, 3.05) is 26.5 Å². The predicted molar refractivity (Wildman–Crippen MR) is 97.0 cm³/mol. The van der Waals surface area contributed by atoms with Gasteiger partial charge in [0.1, 0.15) is 0 Å². The first kappa shape index (κ1) is 18.6. The highest BCUT2D eigenvalue weighted by molar-refractivity contribution is 7.86. The average molecular weight is 375 g/mol. The lowest BCUT2D eigenvalue weighted by Gasteiger charge is -2.49. The Morgan fingerprint density at radius 2 is 1.46 bits per heavy atom. The van der Waals surface area contributed by atoms with Crippen molar-refractivity contribution in [3.05, 3.63) is 71.8 Å². The third-order valence-electron chi connectivity index (χ3n) is 4.38. The molecule has 1 aliphatic heterocycles. The lowest BCUT2D eigenvalue weighted by molar-refractivity contribution is -0.177. The van der Waals surface area contributed by atoms with Crippen molar-refractivity contribution in [1.29, 1.82) is 0 Å². The van der Waals surface area contributed by atoms with Gasteiger partial charge in [-0.15, -0.1) is 0 Å². The van der Waals surface area contributed by atoms with Gasteiger partial charge in [-0.3, -0.25) is 4.90 Å². The van der Waals surface area contributed by atoms with Crippen LogP contribution in [-0.4, -0.2) is 51.3 Å². The van der Waals surface area contributed by atoms with Crippen LogP contribution in [0.5, 0.6) is 0 Å². The summed E-state index contributed by atoms with van der Waals surface area (Å²) in [5, 5.41) is 0. The molecule has 0 aliphatic carbocycles. The number of benzene rings is 2. The van der Waals surface area contributed by atoms with E-state index in [0.717, 1.165) is 17.4 Å². The molecule has 7 heteroatoms. The Kier molecular flexibility index (Phi) is 5.13. The van der Waals surface area contributed by atoms with Gasteiger partial charge >= 0.3 is 5.97 Å². The molecule has 1 saturated heterocycles. The SMILES string of the molecule is COC(=O)C1(OS(C)(=O)=O)CN(C(c2ccccc2)c2ccccc2)C1. The molecule has 6 nitrogen and oxygen atoms in total. The summed E-state index contributed by atoms with van der Waals surface area (Å²) in [5.74, 6) is -0.681. The van der Waals surface area contributed by atoms with Crippen LogP contribution in [0, 0.1) is 0 Å². The van der Waals surface area contributed by atoms with E-state index in [1.807, 2.05) is 65.6 Å². The zero-order chi connectivity index (χ0) is 18.8. The van der Waals surface area contributed by atoms with Gasteiger partial charge in [-0.2, -0.15) is 8.42 Å². The van der Waals surface area contributed by atoms with Crippen molar-refractivity contribution in [3.63, 3.8) is 0 Å². The van der Waals surface area contributed by atoms with Gasteiger partial charge in [-0.25, -0.2) is 8.98 Å². The number of carbonyl (C=O) groups excluding carboxylic acids is 1. The Hall–Kier alpha value is -2.22. The Labute approximate surface area is 153 Å². The van der Waals surface area contributed by atoms with Gasteiger partial charge in [0.25, 0.3) is 10.1 Å². The maximum absolute atomic E-state index is 12.2. The zero-order valence-corrected chi connectivity index (χ0v) is 15.5. The number of nitrogens with zero attached hydrogens (tertiary/aromatic N) is 1. The molecule has 0 bridgehead atoms. The fraction of sp³-hybridized carbons (Fsp3) is 0.316. The van der Waals surface area contributed by atoms with Crippen LogP contribution < -0.4 is 0 Å². The third kappa shape index (κ3) is 3.80. The minimum atomic E-state index is -3.80. The van der Waals surface area contributed by atoms with Gasteiger partial charge in [0.2, 0.25) is 5.60 Å². The van der Waals surface area contributed by atoms with Gasteiger partial charge in [0.15, 0.2) is 0 Å². The molecule has 0 radical (unpaired) electrons. The number of hydrogen-bond donors (Lipinski definition) is 0. The first-order valence-corrected chi connectivity index (χ1v) is 9.99. The van der Waals surface area contributed by atoms with Gasteiger partial charge < -0.3 is 4.74 Å². The van der Waals surface area contributed by atoms with Crippen molar-refractivity contribution in [2.24, 2.45) is 0 Å². The first-order chi connectivity index (χ1) is 12.3. The standard InChI is InChI=1S/C19H21NO5S/c1-24-18(21)19(25-26(2,22)23)13-20(14-19)17(15-9-5-3-6-10-15)16-11-7-4-8-12-16/h3-12,17H,13-14H2,1-2H3. The van der Waals surface area contributed by atoms with Crippen LogP contribution in [0.4, 0.5) is 0 Å². The molecule has 2 aromatic carbocycles. The molecule has 1 aliphatic rings. The van der Waals surface area contributed by atoms with Crippen LogP contribution >= 0.6 is 0 Å². The van der Waals surface area contributed by atoms with Crippen molar-refractivity contribution in [2.45, 2.75) is 11.6 Å². The second kappa shape index (κ2) is 7.19. The highest BCUT2D eigenvalue weighted by Crippen LogP contribution is 2.38. The van der Waals surface area contributed by atoms with Crippen LogP contribution in [0.1, 0.15) is 17.2 Å². The monoisotopic (exact) mass is 375 g/mol. The van der Waals surface area contributed by atoms with Crippen LogP contribution in [-0.2, 0) is 23.8 Å². The van der Waals surface area contributed by atoms with Crippen LogP contribution in [0.25, 0.3) is 0 Å². The number of ether oxygens (including phenoxy) is 1. The van der Waals surface area contributed by atoms with E-state index in [2.05, 4.69) is 0 Å². The van der Waals surface area contributed by atoms with E-state index in [9.17, 15) is 13.2 Å². The van der Waals surface area contributed by atoms with Crippen molar-refractivity contribution < 1.29 is 22.1 Å².